The number of rotatable bonds is 4. The van der Waals surface area contributed by atoms with Crippen molar-refractivity contribution >= 4 is 49.6 Å². The highest BCUT2D eigenvalue weighted by Crippen LogP contribution is 2.65. The molecule has 0 amide bonds. The van der Waals surface area contributed by atoms with Crippen molar-refractivity contribution in [2.24, 2.45) is 23.7 Å². The predicted molar refractivity (Wildman–Crippen MR) is 223 cm³/mol. The molecule has 8 aromatic rings. The summed E-state index contributed by atoms with van der Waals surface area (Å²) in [5.41, 5.74) is 13.3. The Morgan fingerprint density at radius 2 is 1.17 bits per heavy atom. The summed E-state index contributed by atoms with van der Waals surface area (Å²) in [5, 5.41) is 5.07. The van der Waals surface area contributed by atoms with Gasteiger partial charge >= 0.3 is 0 Å². The number of aromatic nitrogens is 1. The number of nitrogens with zero attached hydrogens (tertiary/aromatic N) is 2. The van der Waals surface area contributed by atoms with Gasteiger partial charge in [0.1, 0.15) is 0 Å². The van der Waals surface area contributed by atoms with E-state index in [-0.39, 0.29) is 5.41 Å². The van der Waals surface area contributed by atoms with Gasteiger partial charge in [0.2, 0.25) is 0 Å². The second-order valence-corrected chi connectivity index (χ2v) is 16.4. The smallest absolute Gasteiger partial charge is 0.0541 e. The normalized spacial score (nSPS) is 23.1. The third-order valence-electron chi connectivity index (χ3n) is 13.5. The Morgan fingerprint density at radius 1 is 0.528 bits per heavy atom. The highest BCUT2D eigenvalue weighted by Gasteiger charge is 2.56. The van der Waals surface area contributed by atoms with E-state index >= 15 is 0 Å². The lowest BCUT2D eigenvalue weighted by Crippen LogP contribution is -2.49. The van der Waals surface area contributed by atoms with Crippen molar-refractivity contribution in [3.05, 3.63) is 169 Å². The van der Waals surface area contributed by atoms with E-state index < -0.39 is 0 Å². The molecule has 258 valence electrons. The van der Waals surface area contributed by atoms with Crippen molar-refractivity contribution in [1.82, 2.24) is 4.57 Å². The quantitative estimate of drug-likeness (QED) is 0.179. The molecule has 5 atom stereocenters. The van der Waals surface area contributed by atoms with E-state index in [1.807, 2.05) is 0 Å². The van der Waals surface area contributed by atoms with Crippen LogP contribution in [0.1, 0.15) is 50.7 Å². The van der Waals surface area contributed by atoms with Gasteiger partial charge in [0.25, 0.3) is 0 Å². The molecule has 0 radical (unpaired) electrons. The topological polar surface area (TPSA) is 8.17 Å². The molecule has 1 aromatic heterocycles. The van der Waals surface area contributed by atoms with Gasteiger partial charge in [-0.3, -0.25) is 0 Å². The van der Waals surface area contributed by atoms with Gasteiger partial charge in [-0.2, -0.15) is 0 Å². The van der Waals surface area contributed by atoms with Crippen molar-refractivity contribution in [1.29, 1.82) is 0 Å². The number of hydrogen-bond donors (Lipinski definition) is 0. The molecule has 1 unspecified atom stereocenters. The Balaban J connectivity index is 1.10. The van der Waals surface area contributed by atoms with Gasteiger partial charge in [-0.1, -0.05) is 117 Å². The van der Waals surface area contributed by atoms with E-state index in [4.69, 9.17) is 0 Å². The summed E-state index contributed by atoms with van der Waals surface area (Å²) in [6, 6.07) is 59.2. The molecule has 2 fully saturated rings. The first kappa shape index (κ1) is 31.0. The molecule has 2 heteroatoms. The van der Waals surface area contributed by atoms with E-state index in [1.54, 1.807) is 11.1 Å². The summed E-state index contributed by atoms with van der Waals surface area (Å²) < 4.78 is 2.41. The Bertz CT molecular complexity index is 2640. The average molecular weight is 685 g/mol. The molecule has 2 saturated carbocycles. The van der Waals surface area contributed by atoms with Crippen molar-refractivity contribution in [3.63, 3.8) is 0 Å². The predicted octanol–water partition coefficient (Wildman–Crippen LogP) is 13.8. The Hall–Kier alpha value is -5.60. The number of anilines is 3. The van der Waals surface area contributed by atoms with Gasteiger partial charge in [0.05, 0.1) is 16.7 Å². The Kier molecular flexibility index (Phi) is 6.84. The Labute approximate surface area is 312 Å². The molecule has 3 aliphatic carbocycles. The van der Waals surface area contributed by atoms with Crippen LogP contribution >= 0.6 is 0 Å². The molecule has 11 rings (SSSR count). The molecule has 3 aliphatic rings. The first-order valence-corrected chi connectivity index (χ1v) is 19.7. The van der Waals surface area contributed by atoms with E-state index in [0.717, 1.165) is 17.5 Å². The molecule has 53 heavy (non-hydrogen) atoms. The van der Waals surface area contributed by atoms with E-state index in [1.165, 1.54) is 86.5 Å². The standard InChI is InChI=1S/C51H44N2/c1-33-28-35-30-34(2)51(37(29-33)31-35)46-18-8-5-15-42(46)45-32-40(26-27-47(45)51)52(48-21-11-13-36-12-3-4-14-41(36)48)38-22-24-39(25-23-38)53-49-19-9-6-16-43(49)44-17-7-10-20-50(44)53/h3-27,32-35,37H,28-31H2,1-2H3/t33-,34+,35-,37-,51?/m0/s1. The fourth-order valence-corrected chi connectivity index (χ4v) is 11.6. The summed E-state index contributed by atoms with van der Waals surface area (Å²) in [4.78, 5) is 2.49. The van der Waals surface area contributed by atoms with Crippen LogP contribution in [0.2, 0.25) is 0 Å². The number of hydrogen-bond acceptors (Lipinski definition) is 1. The molecule has 1 spiro atoms. The van der Waals surface area contributed by atoms with E-state index in [0.29, 0.717) is 11.8 Å². The maximum Gasteiger partial charge on any atom is 0.0541 e. The zero-order valence-electron chi connectivity index (χ0n) is 30.5. The zero-order valence-corrected chi connectivity index (χ0v) is 30.5. The van der Waals surface area contributed by atoms with E-state index in [9.17, 15) is 0 Å². The fourth-order valence-electron chi connectivity index (χ4n) is 11.6. The van der Waals surface area contributed by atoms with Crippen LogP contribution in [0.15, 0.2) is 158 Å². The van der Waals surface area contributed by atoms with E-state index in [2.05, 4.69) is 181 Å². The Morgan fingerprint density at radius 3 is 1.96 bits per heavy atom. The molecule has 7 aromatic carbocycles. The van der Waals surface area contributed by atoms with Gasteiger partial charge in [0.15, 0.2) is 0 Å². The van der Waals surface area contributed by atoms with Gasteiger partial charge in [0, 0.05) is 38.6 Å². The first-order valence-electron chi connectivity index (χ1n) is 19.7. The third-order valence-corrected chi connectivity index (χ3v) is 13.5. The van der Waals surface area contributed by atoms with Crippen molar-refractivity contribution in [2.75, 3.05) is 4.90 Å². The third kappa shape index (κ3) is 4.45. The lowest BCUT2D eigenvalue weighted by Gasteiger charge is -2.54. The van der Waals surface area contributed by atoms with Crippen LogP contribution < -0.4 is 4.90 Å². The van der Waals surface area contributed by atoms with Crippen LogP contribution in [-0.2, 0) is 5.41 Å². The molecule has 2 nitrogen and oxygen atoms in total. The van der Waals surface area contributed by atoms with Crippen LogP contribution in [-0.4, -0.2) is 4.57 Å². The van der Waals surface area contributed by atoms with Crippen molar-refractivity contribution in [2.45, 2.75) is 44.9 Å². The summed E-state index contributed by atoms with van der Waals surface area (Å²) in [7, 11) is 0. The molecule has 0 saturated heterocycles. The molecular formula is C51H44N2. The second kappa shape index (κ2) is 11.7. The summed E-state index contributed by atoms with van der Waals surface area (Å²) >= 11 is 0. The van der Waals surface area contributed by atoms with Crippen LogP contribution in [0.4, 0.5) is 17.1 Å². The highest BCUT2D eigenvalue weighted by atomic mass is 15.1. The van der Waals surface area contributed by atoms with Gasteiger partial charge in [-0.15, -0.1) is 0 Å². The molecule has 2 bridgehead atoms. The summed E-state index contributed by atoms with van der Waals surface area (Å²) in [6.45, 7) is 5.07. The number of benzene rings is 7. The SMILES string of the molecule is C[C@H]1C[C@@H]2C[C@H](C1)C1(c3ccccc3-c3cc(N(c4ccc(-n5c6ccccc6c6ccccc65)cc4)c4cccc5ccccc45)ccc31)[C@H](C)C2. The molecular weight excluding hydrogens is 641 g/mol. The van der Waals surface area contributed by atoms with Crippen LogP contribution in [0.25, 0.3) is 49.4 Å². The fraction of sp³-hybridized carbons (Fsp3) is 0.216. The summed E-state index contributed by atoms with van der Waals surface area (Å²) in [6.07, 6.45) is 5.43. The minimum atomic E-state index is 0.0872. The number of para-hydroxylation sites is 2. The minimum Gasteiger partial charge on any atom is -0.310 e. The van der Waals surface area contributed by atoms with Crippen LogP contribution in [0, 0.1) is 23.7 Å². The van der Waals surface area contributed by atoms with Gasteiger partial charge in [-0.05, 0) is 132 Å². The molecule has 0 N–H and O–H groups in total. The highest BCUT2D eigenvalue weighted by molar-refractivity contribution is 6.09. The summed E-state index contributed by atoms with van der Waals surface area (Å²) in [5.74, 6) is 2.98. The molecule has 0 aliphatic heterocycles. The minimum absolute atomic E-state index is 0.0872. The largest absolute Gasteiger partial charge is 0.310 e. The van der Waals surface area contributed by atoms with Crippen molar-refractivity contribution in [3.8, 4) is 16.8 Å². The maximum absolute atomic E-state index is 2.57. The first-order chi connectivity index (χ1) is 26.1. The average Bonchev–Trinajstić information content (AvgIpc) is 3.68. The second-order valence-electron chi connectivity index (χ2n) is 16.4. The lowest BCUT2D eigenvalue weighted by molar-refractivity contribution is 0.0426. The lowest BCUT2D eigenvalue weighted by atomic mass is 9.49. The maximum atomic E-state index is 2.57. The van der Waals surface area contributed by atoms with Gasteiger partial charge < -0.3 is 9.47 Å². The van der Waals surface area contributed by atoms with Crippen molar-refractivity contribution < 1.29 is 0 Å². The van der Waals surface area contributed by atoms with Crippen LogP contribution in [0.3, 0.4) is 0 Å². The number of fused-ring (bicyclic) bond motifs is 12. The monoisotopic (exact) mass is 684 g/mol. The van der Waals surface area contributed by atoms with Crippen LogP contribution in [0.5, 0.6) is 0 Å². The van der Waals surface area contributed by atoms with Gasteiger partial charge in [-0.25, -0.2) is 0 Å². The molecule has 1 heterocycles. The zero-order chi connectivity index (χ0) is 35.3.